The average Bonchev–Trinajstić information content (AvgIpc) is 2.73. The fourth-order valence-electron chi connectivity index (χ4n) is 3.82. The Hall–Kier alpha value is -1.96. The summed E-state index contributed by atoms with van der Waals surface area (Å²) in [6.45, 7) is 8.04. The molecule has 0 unspecified atom stereocenters. The monoisotopic (exact) mass is 462 g/mol. The predicted octanol–water partition coefficient (Wildman–Crippen LogP) is 4.11. The van der Waals surface area contributed by atoms with Gasteiger partial charge in [-0.2, -0.15) is 0 Å². The summed E-state index contributed by atoms with van der Waals surface area (Å²) in [5.74, 6) is -0.931. The number of carbonyl (C=O) groups is 2. The second kappa shape index (κ2) is 11.1. The smallest absolute Gasteiger partial charge is 0.340 e. The summed E-state index contributed by atoms with van der Waals surface area (Å²) in [5, 5.41) is 1.31. The molecule has 0 aromatic heterocycles. The molecule has 0 spiro atoms. The van der Waals surface area contributed by atoms with Gasteiger partial charge >= 0.3 is 5.97 Å². The number of hydrogen-bond acceptors (Lipinski definition) is 5. The molecule has 0 N–H and O–H groups in total. The first-order valence-corrected chi connectivity index (χ1v) is 13.0. The van der Waals surface area contributed by atoms with Crippen LogP contribution >= 0.6 is 11.8 Å². The topological polar surface area (TPSA) is 52.6 Å². The predicted molar refractivity (Wildman–Crippen MR) is 127 cm³/mol. The number of esters is 1. The Morgan fingerprint density at radius 3 is 1.87 bits per heavy atom. The summed E-state index contributed by atoms with van der Waals surface area (Å²) in [7, 11) is -1.66. The van der Waals surface area contributed by atoms with Crippen LogP contribution in [0.2, 0.25) is 5.04 Å². The van der Waals surface area contributed by atoms with Crippen molar-refractivity contribution in [2.45, 2.75) is 50.6 Å². The Labute approximate surface area is 189 Å². The van der Waals surface area contributed by atoms with Crippen molar-refractivity contribution in [3.05, 3.63) is 60.7 Å². The van der Waals surface area contributed by atoms with Crippen molar-refractivity contribution in [1.82, 2.24) is 0 Å². The van der Waals surface area contributed by atoms with E-state index < -0.39 is 25.7 Å². The Bertz CT molecular complexity index is 815. The second-order valence-corrected chi connectivity index (χ2v) is 14.2. The molecule has 31 heavy (non-hydrogen) atoms. The Morgan fingerprint density at radius 1 is 1.00 bits per heavy atom. The molecule has 0 aliphatic rings. The minimum atomic E-state index is -2.81. The lowest BCUT2D eigenvalue weighted by Crippen LogP contribution is -2.67. The lowest BCUT2D eigenvalue weighted by atomic mass is 10.2. The van der Waals surface area contributed by atoms with E-state index >= 15 is 0 Å². The fourth-order valence-corrected chi connectivity index (χ4v) is 9.42. The van der Waals surface area contributed by atoms with Crippen molar-refractivity contribution in [3.8, 4) is 0 Å². The molecule has 0 saturated carbocycles. The van der Waals surface area contributed by atoms with Gasteiger partial charge in [-0.05, 0) is 15.4 Å². The summed E-state index contributed by atoms with van der Waals surface area (Å²) in [6, 6.07) is 20.2. The van der Waals surface area contributed by atoms with Crippen LogP contribution in [-0.4, -0.2) is 44.5 Å². The van der Waals surface area contributed by atoms with Crippen molar-refractivity contribution < 1.29 is 23.1 Å². The molecule has 0 aliphatic carbocycles. The average molecular weight is 463 g/mol. The molecular weight excluding hydrogens is 431 g/mol. The SMILES string of the molecule is COC(=O)[C@H](F)C[C@@H](CO[Si](c1ccccc1)(c1ccccc1)C(C)(C)C)SC(C)=O. The summed E-state index contributed by atoms with van der Waals surface area (Å²) in [4.78, 5) is 23.4. The number of carbonyl (C=O) groups excluding carboxylic acids is 2. The largest absolute Gasteiger partial charge is 0.467 e. The van der Waals surface area contributed by atoms with Crippen LogP contribution in [0.5, 0.6) is 0 Å². The van der Waals surface area contributed by atoms with E-state index in [1.54, 1.807) is 0 Å². The maximum atomic E-state index is 14.4. The first kappa shape index (κ1) is 25.3. The van der Waals surface area contributed by atoms with E-state index in [-0.39, 0.29) is 23.2 Å². The molecule has 2 aromatic rings. The molecule has 0 aliphatic heterocycles. The highest BCUT2D eigenvalue weighted by Crippen LogP contribution is 2.37. The number of rotatable bonds is 9. The first-order chi connectivity index (χ1) is 14.6. The van der Waals surface area contributed by atoms with Crippen LogP contribution in [-0.2, 0) is 18.8 Å². The minimum absolute atomic E-state index is 0.144. The van der Waals surface area contributed by atoms with E-state index in [9.17, 15) is 14.0 Å². The quantitative estimate of drug-likeness (QED) is 0.415. The number of methoxy groups -OCH3 is 1. The number of halogens is 1. The molecule has 168 valence electrons. The van der Waals surface area contributed by atoms with Crippen LogP contribution in [0.25, 0.3) is 0 Å². The Morgan fingerprint density at radius 2 is 1.48 bits per heavy atom. The van der Waals surface area contributed by atoms with Crippen LogP contribution in [0.4, 0.5) is 4.39 Å². The van der Waals surface area contributed by atoms with Crippen LogP contribution in [0.15, 0.2) is 60.7 Å². The van der Waals surface area contributed by atoms with Crippen molar-refractivity contribution in [1.29, 1.82) is 0 Å². The van der Waals surface area contributed by atoms with Gasteiger partial charge in [-0.1, -0.05) is 93.2 Å². The zero-order valence-electron chi connectivity index (χ0n) is 18.8. The van der Waals surface area contributed by atoms with Crippen LogP contribution in [0, 0.1) is 0 Å². The molecule has 0 amide bonds. The zero-order chi connectivity index (χ0) is 23.1. The molecule has 0 bridgehead atoms. The molecule has 0 fully saturated rings. The van der Waals surface area contributed by atoms with Gasteiger partial charge < -0.3 is 9.16 Å². The van der Waals surface area contributed by atoms with Gasteiger partial charge in [0, 0.05) is 25.2 Å². The third-order valence-electron chi connectivity index (χ3n) is 5.16. The molecule has 4 nitrogen and oxygen atoms in total. The summed E-state index contributed by atoms with van der Waals surface area (Å²) in [5.41, 5.74) is 0. The maximum Gasteiger partial charge on any atom is 0.340 e. The normalized spacial score (nSPS) is 14.0. The van der Waals surface area contributed by atoms with Gasteiger partial charge in [0.1, 0.15) is 0 Å². The van der Waals surface area contributed by atoms with Gasteiger partial charge in [-0.25, -0.2) is 9.18 Å². The molecule has 2 aromatic carbocycles. The van der Waals surface area contributed by atoms with E-state index in [1.165, 1.54) is 6.92 Å². The number of thioether (sulfide) groups is 1. The van der Waals surface area contributed by atoms with E-state index in [4.69, 9.17) is 4.43 Å². The van der Waals surface area contributed by atoms with Gasteiger partial charge in [0.25, 0.3) is 8.32 Å². The van der Waals surface area contributed by atoms with E-state index in [2.05, 4.69) is 49.8 Å². The minimum Gasteiger partial charge on any atom is -0.467 e. The summed E-state index contributed by atoms with van der Waals surface area (Å²) in [6.07, 6.45) is -1.95. The van der Waals surface area contributed by atoms with Gasteiger partial charge in [0.15, 0.2) is 11.3 Å². The highest BCUT2D eigenvalue weighted by atomic mass is 32.2. The van der Waals surface area contributed by atoms with Gasteiger partial charge in [-0.15, -0.1) is 0 Å². The molecule has 0 radical (unpaired) electrons. The van der Waals surface area contributed by atoms with Gasteiger partial charge in [0.2, 0.25) is 0 Å². The van der Waals surface area contributed by atoms with E-state index in [1.807, 2.05) is 36.4 Å². The lowest BCUT2D eigenvalue weighted by molar-refractivity contribution is -0.146. The zero-order valence-corrected chi connectivity index (χ0v) is 20.6. The van der Waals surface area contributed by atoms with Crippen LogP contribution < -0.4 is 10.4 Å². The first-order valence-electron chi connectivity index (χ1n) is 10.3. The van der Waals surface area contributed by atoms with E-state index in [0.29, 0.717) is 0 Å². The molecule has 0 heterocycles. The van der Waals surface area contributed by atoms with Gasteiger partial charge in [-0.3, -0.25) is 4.79 Å². The van der Waals surface area contributed by atoms with Gasteiger partial charge in [0.05, 0.1) is 7.11 Å². The number of ether oxygens (including phenoxy) is 1. The highest BCUT2D eigenvalue weighted by molar-refractivity contribution is 8.14. The third kappa shape index (κ3) is 6.27. The number of benzene rings is 2. The molecule has 2 rings (SSSR count). The molecular formula is C24H31FO4SSi. The molecule has 7 heteroatoms. The van der Waals surface area contributed by atoms with Crippen LogP contribution in [0.3, 0.4) is 0 Å². The Balaban J connectivity index is 2.46. The Kier molecular flexibility index (Phi) is 9.03. The van der Waals surface area contributed by atoms with Crippen LogP contribution in [0.1, 0.15) is 34.1 Å². The summed E-state index contributed by atoms with van der Waals surface area (Å²) < 4.78 is 25.7. The maximum absolute atomic E-state index is 14.4. The summed E-state index contributed by atoms with van der Waals surface area (Å²) >= 11 is 1.01. The van der Waals surface area contributed by atoms with Crippen molar-refractivity contribution >= 4 is 41.5 Å². The molecule has 2 atom stereocenters. The molecule has 0 saturated heterocycles. The van der Waals surface area contributed by atoms with E-state index in [0.717, 1.165) is 29.2 Å². The number of alkyl halides is 1. The van der Waals surface area contributed by atoms with Crippen molar-refractivity contribution in [3.63, 3.8) is 0 Å². The van der Waals surface area contributed by atoms with Crippen molar-refractivity contribution in [2.24, 2.45) is 0 Å². The standard InChI is InChI=1S/C24H31FO4SSi/c1-18(26)30-19(16-22(25)23(27)28-5)17-29-31(24(2,3)4,20-12-8-6-9-13-20)21-14-10-7-11-15-21/h6-15,19,22H,16-17H2,1-5H3/t19-,22+/m0/s1. The van der Waals surface area contributed by atoms with Crippen molar-refractivity contribution in [2.75, 3.05) is 13.7 Å². The third-order valence-corrected chi connectivity index (χ3v) is 11.2. The number of hydrogen-bond donors (Lipinski definition) is 0. The second-order valence-electron chi connectivity index (χ2n) is 8.43. The fraction of sp³-hybridized carbons (Fsp3) is 0.417. The lowest BCUT2D eigenvalue weighted by Gasteiger charge is -2.43. The highest BCUT2D eigenvalue weighted by Gasteiger charge is 2.50.